The second kappa shape index (κ2) is 7.21. The SMILES string of the molecule is C(=N/Nc1ncnn1CCCc1ccccc1)/c1ccco1. The van der Waals surface area contributed by atoms with Crippen molar-refractivity contribution in [3.8, 4) is 0 Å². The van der Waals surface area contributed by atoms with Gasteiger partial charge >= 0.3 is 0 Å². The summed E-state index contributed by atoms with van der Waals surface area (Å²) in [7, 11) is 0. The Morgan fingerprint density at radius 1 is 1.18 bits per heavy atom. The standard InChI is InChI=1S/C16H17N5O/c1-2-6-14(7-3-1)8-4-10-21-16(17-13-19-21)20-18-12-15-9-5-11-22-15/h1-3,5-7,9,11-13H,4,8,10H2,(H,17,19,20)/b18-12-. The van der Waals surface area contributed by atoms with Gasteiger partial charge < -0.3 is 4.42 Å². The highest BCUT2D eigenvalue weighted by atomic mass is 16.3. The molecule has 0 aliphatic carbocycles. The van der Waals surface area contributed by atoms with Crippen molar-refractivity contribution in [1.29, 1.82) is 0 Å². The number of benzene rings is 1. The molecule has 0 radical (unpaired) electrons. The number of furan rings is 1. The van der Waals surface area contributed by atoms with Gasteiger partial charge in [0.15, 0.2) is 0 Å². The van der Waals surface area contributed by atoms with Crippen LogP contribution in [0, 0.1) is 0 Å². The van der Waals surface area contributed by atoms with Crippen molar-refractivity contribution in [2.45, 2.75) is 19.4 Å². The van der Waals surface area contributed by atoms with E-state index >= 15 is 0 Å². The molecule has 0 amide bonds. The molecule has 0 aliphatic heterocycles. The van der Waals surface area contributed by atoms with Crippen LogP contribution in [0.1, 0.15) is 17.7 Å². The van der Waals surface area contributed by atoms with Gasteiger partial charge in [0.1, 0.15) is 12.1 Å². The lowest BCUT2D eigenvalue weighted by Crippen LogP contribution is -2.06. The van der Waals surface area contributed by atoms with Crippen LogP contribution >= 0.6 is 0 Å². The predicted molar refractivity (Wildman–Crippen MR) is 84.7 cm³/mol. The normalized spacial score (nSPS) is 11.1. The molecule has 2 heterocycles. The summed E-state index contributed by atoms with van der Waals surface area (Å²) in [5.74, 6) is 1.30. The lowest BCUT2D eigenvalue weighted by atomic mass is 10.1. The molecule has 3 rings (SSSR count). The van der Waals surface area contributed by atoms with Crippen molar-refractivity contribution in [1.82, 2.24) is 14.8 Å². The molecule has 0 unspecified atom stereocenters. The van der Waals surface area contributed by atoms with E-state index in [1.807, 2.05) is 22.9 Å². The van der Waals surface area contributed by atoms with Gasteiger partial charge in [0, 0.05) is 6.54 Å². The molecular weight excluding hydrogens is 278 g/mol. The first-order valence-corrected chi connectivity index (χ1v) is 7.16. The molecule has 0 saturated heterocycles. The Morgan fingerprint density at radius 3 is 2.91 bits per heavy atom. The molecule has 112 valence electrons. The Balaban J connectivity index is 1.51. The van der Waals surface area contributed by atoms with Gasteiger partial charge in [-0.25, -0.2) is 10.1 Å². The minimum Gasteiger partial charge on any atom is -0.463 e. The second-order valence-corrected chi connectivity index (χ2v) is 4.78. The molecule has 0 atom stereocenters. The third kappa shape index (κ3) is 3.82. The summed E-state index contributed by atoms with van der Waals surface area (Å²) in [6.07, 6.45) is 6.73. The average molecular weight is 295 g/mol. The summed E-state index contributed by atoms with van der Waals surface area (Å²) >= 11 is 0. The summed E-state index contributed by atoms with van der Waals surface area (Å²) in [5, 5.41) is 8.30. The van der Waals surface area contributed by atoms with Crippen LogP contribution < -0.4 is 5.43 Å². The van der Waals surface area contributed by atoms with E-state index in [0.29, 0.717) is 11.7 Å². The molecular formula is C16H17N5O. The molecule has 0 bridgehead atoms. The molecule has 1 aromatic carbocycles. The zero-order valence-electron chi connectivity index (χ0n) is 12.1. The van der Waals surface area contributed by atoms with E-state index in [1.165, 1.54) is 11.9 Å². The first kappa shape index (κ1) is 14.1. The molecule has 6 nitrogen and oxygen atoms in total. The Kier molecular flexibility index (Phi) is 4.61. The molecule has 0 spiro atoms. The van der Waals surface area contributed by atoms with Gasteiger partial charge in [-0.1, -0.05) is 30.3 Å². The van der Waals surface area contributed by atoms with Crippen molar-refractivity contribution >= 4 is 12.2 Å². The monoisotopic (exact) mass is 295 g/mol. The zero-order chi connectivity index (χ0) is 15.0. The smallest absolute Gasteiger partial charge is 0.241 e. The van der Waals surface area contributed by atoms with E-state index in [0.717, 1.165) is 19.4 Å². The Bertz CT molecular complexity index is 703. The second-order valence-electron chi connectivity index (χ2n) is 4.78. The van der Waals surface area contributed by atoms with Crippen LogP contribution in [0.2, 0.25) is 0 Å². The third-order valence-corrected chi connectivity index (χ3v) is 3.19. The average Bonchev–Trinajstić information content (AvgIpc) is 3.21. The number of nitrogens with one attached hydrogen (secondary N) is 1. The summed E-state index contributed by atoms with van der Waals surface area (Å²) in [6.45, 7) is 0.785. The van der Waals surface area contributed by atoms with E-state index < -0.39 is 0 Å². The van der Waals surface area contributed by atoms with Gasteiger partial charge in [-0.05, 0) is 30.5 Å². The van der Waals surface area contributed by atoms with Crippen LogP contribution in [0.25, 0.3) is 0 Å². The number of rotatable bonds is 7. The fraction of sp³-hybridized carbons (Fsp3) is 0.188. The van der Waals surface area contributed by atoms with Crippen molar-refractivity contribution in [3.63, 3.8) is 0 Å². The molecule has 0 aliphatic rings. The molecule has 1 N–H and O–H groups in total. The maximum absolute atomic E-state index is 5.16. The minimum atomic E-state index is 0.621. The van der Waals surface area contributed by atoms with E-state index in [-0.39, 0.29) is 0 Å². The van der Waals surface area contributed by atoms with Crippen molar-refractivity contribution in [2.75, 3.05) is 5.43 Å². The van der Waals surface area contributed by atoms with Gasteiger partial charge in [-0.15, -0.1) is 0 Å². The Hall–Kier alpha value is -2.89. The molecule has 6 heteroatoms. The van der Waals surface area contributed by atoms with Gasteiger partial charge in [-0.2, -0.15) is 15.2 Å². The molecule has 3 aromatic rings. The number of aromatic nitrogens is 3. The zero-order valence-corrected chi connectivity index (χ0v) is 12.1. The highest BCUT2D eigenvalue weighted by Gasteiger charge is 2.02. The van der Waals surface area contributed by atoms with Crippen LogP contribution in [0.3, 0.4) is 0 Å². The molecule has 22 heavy (non-hydrogen) atoms. The third-order valence-electron chi connectivity index (χ3n) is 3.19. The molecule has 0 fully saturated rings. The van der Waals surface area contributed by atoms with Crippen LogP contribution in [0.4, 0.5) is 5.95 Å². The topological polar surface area (TPSA) is 68.2 Å². The maximum Gasteiger partial charge on any atom is 0.241 e. The minimum absolute atomic E-state index is 0.621. The predicted octanol–water partition coefficient (Wildman–Crippen LogP) is 2.95. The lowest BCUT2D eigenvalue weighted by Gasteiger charge is -2.05. The van der Waals surface area contributed by atoms with Gasteiger partial charge in [0.2, 0.25) is 5.95 Å². The van der Waals surface area contributed by atoms with Gasteiger partial charge in [0.05, 0.1) is 12.5 Å². The number of nitrogens with zero attached hydrogens (tertiary/aromatic N) is 4. The summed E-state index contributed by atoms with van der Waals surface area (Å²) in [4.78, 5) is 4.16. The Labute approximate surface area is 128 Å². The molecule has 2 aromatic heterocycles. The number of hydrogen-bond donors (Lipinski definition) is 1. The number of hydrogen-bond acceptors (Lipinski definition) is 5. The van der Waals surface area contributed by atoms with Crippen LogP contribution in [0.5, 0.6) is 0 Å². The van der Waals surface area contributed by atoms with E-state index in [1.54, 1.807) is 12.5 Å². The quantitative estimate of drug-likeness (QED) is 0.537. The van der Waals surface area contributed by atoms with E-state index in [2.05, 4.69) is 44.9 Å². The summed E-state index contributed by atoms with van der Waals surface area (Å²) in [6, 6.07) is 14.0. The number of hydrazone groups is 1. The van der Waals surface area contributed by atoms with Crippen LogP contribution in [-0.2, 0) is 13.0 Å². The van der Waals surface area contributed by atoms with E-state index in [9.17, 15) is 0 Å². The maximum atomic E-state index is 5.16. The first-order valence-electron chi connectivity index (χ1n) is 7.16. The number of aryl methyl sites for hydroxylation is 2. The van der Waals surface area contributed by atoms with Gasteiger partial charge in [-0.3, -0.25) is 0 Å². The van der Waals surface area contributed by atoms with Crippen LogP contribution in [-0.4, -0.2) is 21.0 Å². The highest BCUT2D eigenvalue weighted by Crippen LogP contribution is 2.07. The fourth-order valence-electron chi connectivity index (χ4n) is 2.11. The highest BCUT2D eigenvalue weighted by molar-refractivity contribution is 5.76. The largest absolute Gasteiger partial charge is 0.463 e. The first-order chi connectivity index (χ1) is 10.9. The van der Waals surface area contributed by atoms with Gasteiger partial charge in [0.25, 0.3) is 0 Å². The van der Waals surface area contributed by atoms with Crippen molar-refractivity contribution < 1.29 is 4.42 Å². The molecule has 0 saturated carbocycles. The van der Waals surface area contributed by atoms with Crippen molar-refractivity contribution in [2.24, 2.45) is 5.10 Å². The number of anilines is 1. The Morgan fingerprint density at radius 2 is 2.09 bits per heavy atom. The lowest BCUT2D eigenvalue weighted by molar-refractivity contribution is 0.560. The van der Waals surface area contributed by atoms with E-state index in [4.69, 9.17) is 4.42 Å². The summed E-state index contributed by atoms with van der Waals surface area (Å²) < 4.78 is 6.97. The van der Waals surface area contributed by atoms with Crippen LogP contribution in [0.15, 0.2) is 64.6 Å². The fourth-order valence-corrected chi connectivity index (χ4v) is 2.11. The summed E-state index contributed by atoms with van der Waals surface area (Å²) in [5.41, 5.74) is 4.21. The van der Waals surface area contributed by atoms with Crippen molar-refractivity contribution in [3.05, 3.63) is 66.4 Å².